The second-order valence-electron chi connectivity index (χ2n) is 3.74. The van der Waals surface area contributed by atoms with Gasteiger partial charge in [0.2, 0.25) is 0 Å². The molecule has 1 rings (SSSR count). The van der Waals surface area contributed by atoms with Crippen molar-refractivity contribution >= 4 is 5.69 Å². The molecule has 3 nitrogen and oxygen atoms in total. The number of hydrogen-bond acceptors (Lipinski definition) is 3. The zero-order chi connectivity index (χ0) is 10.6. The molecule has 0 saturated heterocycles. The number of aromatic hydroxyl groups is 1. The largest absolute Gasteiger partial charge is 0.508 e. The average molecular weight is 194 g/mol. The molecule has 0 radical (unpaired) electrons. The molecule has 0 amide bonds. The first-order valence-corrected chi connectivity index (χ1v) is 4.74. The van der Waals surface area contributed by atoms with Gasteiger partial charge in [-0.2, -0.15) is 0 Å². The van der Waals surface area contributed by atoms with E-state index in [-0.39, 0.29) is 0 Å². The Kier molecular flexibility index (Phi) is 3.77. The van der Waals surface area contributed by atoms with E-state index in [2.05, 4.69) is 30.9 Å². The number of rotatable bonds is 4. The van der Waals surface area contributed by atoms with E-state index in [1.54, 1.807) is 12.1 Å². The van der Waals surface area contributed by atoms with Crippen LogP contribution in [0.25, 0.3) is 0 Å². The number of anilines is 1. The maximum atomic E-state index is 9.13. The minimum atomic E-state index is 0.315. The van der Waals surface area contributed by atoms with Crippen molar-refractivity contribution < 1.29 is 5.11 Å². The lowest BCUT2D eigenvalue weighted by Crippen LogP contribution is -2.28. The van der Waals surface area contributed by atoms with Crippen LogP contribution in [0.5, 0.6) is 5.75 Å². The lowest BCUT2D eigenvalue weighted by molar-refractivity contribution is 0.416. The van der Waals surface area contributed by atoms with E-state index in [4.69, 9.17) is 5.11 Å². The molecule has 3 heteroatoms. The number of likely N-dealkylation sites (N-methyl/N-ethyl adjacent to an activating group) is 2. The molecule has 14 heavy (non-hydrogen) atoms. The van der Waals surface area contributed by atoms with Gasteiger partial charge in [-0.15, -0.1) is 0 Å². The molecule has 78 valence electrons. The Labute approximate surface area is 85.6 Å². The van der Waals surface area contributed by atoms with Crippen molar-refractivity contribution in [2.24, 2.45) is 0 Å². The molecular weight excluding hydrogens is 176 g/mol. The number of phenols is 1. The summed E-state index contributed by atoms with van der Waals surface area (Å²) in [5.41, 5.74) is 1.13. The van der Waals surface area contributed by atoms with Crippen molar-refractivity contribution in [3.63, 3.8) is 0 Å². The molecule has 0 unspecified atom stereocenters. The SMILES string of the molecule is CN(C)CCN(C)c1ccc(O)cc1. The van der Waals surface area contributed by atoms with Crippen LogP contribution in [0.1, 0.15) is 0 Å². The maximum Gasteiger partial charge on any atom is 0.115 e. The zero-order valence-electron chi connectivity index (χ0n) is 9.07. The molecular formula is C11H18N2O. The zero-order valence-corrected chi connectivity index (χ0v) is 9.07. The predicted octanol–water partition coefficient (Wildman–Crippen LogP) is 1.39. The molecule has 0 spiro atoms. The van der Waals surface area contributed by atoms with E-state index in [0.717, 1.165) is 18.8 Å². The van der Waals surface area contributed by atoms with Gasteiger partial charge in [0, 0.05) is 25.8 Å². The third kappa shape index (κ3) is 3.26. The van der Waals surface area contributed by atoms with Gasteiger partial charge in [-0.1, -0.05) is 0 Å². The monoisotopic (exact) mass is 194 g/mol. The van der Waals surface area contributed by atoms with E-state index in [1.807, 2.05) is 12.1 Å². The van der Waals surface area contributed by atoms with Crippen LogP contribution in [0.4, 0.5) is 5.69 Å². The van der Waals surface area contributed by atoms with Gasteiger partial charge in [0.25, 0.3) is 0 Å². The number of hydrogen-bond donors (Lipinski definition) is 1. The number of benzene rings is 1. The third-order valence-electron chi connectivity index (χ3n) is 2.17. The molecule has 1 N–H and O–H groups in total. The Morgan fingerprint density at radius 3 is 2.07 bits per heavy atom. The fraction of sp³-hybridized carbons (Fsp3) is 0.455. The Morgan fingerprint density at radius 1 is 1.00 bits per heavy atom. The summed E-state index contributed by atoms with van der Waals surface area (Å²) >= 11 is 0. The molecule has 0 aliphatic heterocycles. The summed E-state index contributed by atoms with van der Waals surface area (Å²) in [6.07, 6.45) is 0. The van der Waals surface area contributed by atoms with Gasteiger partial charge in [-0.05, 0) is 38.4 Å². The minimum Gasteiger partial charge on any atom is -0.508 e. The van der Waals surface area contributed by atoms with E-state index < -0.39 is 0 Å². The third-order valence-corrected chi connectivity index (χ3v) is 2.17. The molecule has 0 bridgehead atoms. The molecule has 1 aromatic rings. The fourth-order valence-electron chi connectivity index (χ4n) is 1.19. The second kappa shape index (κ2) is 4.86. The van der Waals surface area contributed by atoms with Crippen LogP contribution in [0.3, 0.4) is 0 Å². The summed E-state index contributed by atoms with van der Waals surface area (Å²) < 4.78 is 0. The molecule has 0 heterocycles. The average Bonchev–Trinajstić information content (AvgIpc) is 2.15. The molecule has 0 aromatic heterocycles. The predicted molar refractivity (Wildman–Crippen MR) is 59.9 cm³/mol. The van der Waals surface area contributed by atoms with Crippen LogP contribution >= 0.6 is 0 Å². The Bertz CT molecular complexity index is 269. The first-order valence-electron chi connectivity index (χ1n) is 4.74. The Balaban J connectivity index is 2.52. The topological polar surface area (TPSA) is 26.7 Å². The summed E-state index contributed by atoms with van der Waals surface area (Å²) in [6, 6.07) is 7.26. The second-order valence-corrected chi connectivity index (χ2v) is 3.74. The lowest BCUT2D eigenvalue weighted by atomic mass is 10.3. The van der Waals surface area contributed by atoms with E-state index >= 15 is 0 Å². The van der Waals surface area contributed by atoms with Gasteiger partial charge in [0.15, 0.2) is 0 Å². The lowest BCUT2D eigenvalue weighted by Gasteiger charge is -2.21. The van der Waals surface area contributed by atoms with Crippen molar-refractivity contribution in [1.29, 1.82) is 0 Å². The quantitative estimate of drug-likeness (QED) is 0.784. The normalized spacial score (nSPS) is 10.6. The van der Waals surface area contributed by atoms with Crippen molar-refractivity contribution in [3.8, 4) is 5.75 Å². The van der Waals surface area contributed by atoms with Crippen molar-refractivity contribution in [3.05, 3.63) is 24.3 Å². The highest BCUT2D eigenvalue weighted by atomic mass is 16.3. The molecule has 1 aromatic carbocycles. The van der Waals surface area contributed by atoms with Crippen molar-refractivity contribution in [2.45, 2.75) is 0 Å². The number of phenolic OH excluding ortho intramolecular Hbond substituents is 1. The van der Waals surface area contributed by atoms with Gasteiger partial charge in [-0.3, -0.25) is 0 Å². The van der Waals surface area contributed by atoms with Gasteiger partial charge < -0.3 is 14.9 Å². The van der Waals surface area contributed by atoms with Gasteiger partial charge in [0.1, 0.15) is 5.75 Å². The summed E-state index contributed by atoms with van der Waals surface area (Å²) in [5.74, 6) is 0.315. The van der Waals surface area contributed by atoms with Crippen molar-refractivity contribution in [1.82, 2.24) is 4.90 Å². The minimum absolute atomic E-state index is 0.315. The molecule has 0 aliphatic rings. The molecule has 0 atom stereocenters. The van der Waals surface area contributed by atoms with E-state index in [0.29, 0.717) is 5.75 Å². The van der Waals surface area contributed by atoms with Crippen molar-refractivity contribution in [2.75, 3.05) is 39.1 Å². The highest BCUT2D eigenvalue weighted by Gasteiger charge is 2.00. The highest BCUT2D eigenvalue weighted by Crippen LogP contribution is 2.16. The van der Waals surface area contributed by atoms with Gasteiger partial charge in [-0.25, -0.2) is 0 Å². The fourth-order valence-corrected chi connectivity index (χ4v) is 1.19. The standard InChI is InChI=1S/C11H18N2O/c1-12(2)8-9-13(3)10-4-6-11(14)7-5-10/h4-7,14H,8-9H2,1-3H3. The van der Waals surface area contributed by atoms with E-state index in [1.165, 1.54) is 0 Å². The van der Waals surface area contributed by atoms with Gasteiger partial charge >= 0.3 is 0 Å². The summed E-state index contributed by atoms with van der Waals surface area (Å²) in [5, 5.41) is 9.13. The highest BCUT2D eigenvalue weighted by molar-refractivity contribution is 5.47. The van der Waals surface area contributed by atoms with Crippen LogP contribution in [0, 0.1) is 0 Å². The van der Waals surface area contributed by atoms with Crippen LogP contribution in [0.15, 0.2) is 24.3 Å². The maximum absolute atomic E-state index is 9.13. The summed E-state index contributed by atoms with van der Waals surface area (Å²) in [4.78, 5) is 4.32. The molecule has 0 fully saturated rings. The Hall–Kier alpha value is -1.22. The first kappa shape index (κ1) is 10.9. The van der Waals surface area contributed by atoms with Crippen LogP contribution in [0.2, 0.25) is 0 Å². The first-order chi connectivity index (χ1) is 6.59. The summed E-state index contributed by atoms with van der Waals surface area (Å²) in [6.45, 7) is 2.01. The molecule has 0 aliphatic carbocycles. The smallest absolute Gasteiger partial charge is 0.115 e. The molecule has 0 saturated carbocycles. The van der Waals surface area contributed by atoms with Crippen LogP contribution < -0.4 is 4.90 Å². The number of nitrogens with zero attached hydrogens (tertiary/aromatic N) is 2. The van der Waals surface area contributed by atoms with Crippen LogP contribution in [-0.2, 0) is 0 Å². The Morgan fingerprint density at radius 2 is 1.57 bits per heavy atom. The summed E-state index contributed by atoms with van der Waals surface area (Å²) in [7, 11) is 6.17. The van der Waals surface area contributed by atoms with Crippen LogP contribution in [-0.4, -0.2) is 44.2 Å². The van der Waals surface area contributed by atoms with Gasteiger partial charge in [0.05, 0.1) is 0 Å². The van der Waals surface area contributed by atoms with E-state index in [9.17, 15) is 0 Å².